The van der Waals surface area contributed by atoms with Gasteiger partial charge in [0.25, 0.3) is 5.91 Å². The van der Waals surface area contributed by atoms with E-state index in [1.165, 1.54) is 5.56 Å². The standard InChI is InChI=1S/C24H35N5O2/c1-5-25-24(31)28-13-11-20(12-14-28)15-19-7-9-21(10-8-19)23(30)26-16-22-17(3)27-29(6-2)18(22)4/h7-10,20H,5-6,11-16H2,1-4H3,(H,25,31)(H,26,30). The van der Waals surface area contributed by atoms with Gasteiger partial charge < -0.3 is 15.5 Å². The summed E-state index contributed by atoms with van der Waals surface area (Å²) in [5, 5.41) is 10.4. The molecule has 1 aromatic carbocycles. The van der Waals surface area contributed by atoms with Crippen molar-refractivity contribution in [1.29, 1.82) is 0 Å². The van der Waals surface area contributed by atoms with Crippen molar-refractivity contribution >= 4 is 11.9 Å². The van der Waals surface area contributed by atoms with Crippen molar-refractivity contribution in [3.63, 3.8) is 0 Å². The molecule has 7 nitrogen and oxygen atoms in total. The first-order valence-corrected chi connectivity index (χ1v) is 11.4. The molecule has 1 aromatic heterocycles. The highest BCUT2D eigenvalue weighted by Gasteiger charge is 2.22. The van der Waals surface area contributed by atoms with Gasteiger partial charge in [0, 0.05) is 49.5 Å². The summed E-state index contributed by atoms with van der Waals surface area (Å²) in [5.41, 5.74) is 5.07. The number of aromatic nitrogens is 2. The van der Waals surface area contributed by atoms with Crippen LogP contribution >= 0.6 is 0 Å². The Bertz CT molecular complexity index is 895. The van der Waals surface area contributed by atoms with Crippen LogP contribution < -0.4 is 10.6 Å². The number of aryl methyl sites for hydroxylation is 2. The van der Waals surface area contributed by atoms with E-state index in [0.717, 1.165) is 55.8 Å². The monoisotopic (exact) mass is 425 g/mol. The van der Waals surface area contributed by atoms with Crippen molar-refractivity contribution in [3.05, 3.63) is 52.3 Å². The summed E-state index contributed by atoms with van der Waals surface area (Å²) >= 11 is 0. The van der Waals surface area contributed by atoms with Crippen LogP contribution in [0.15, 0.2) is 24.3 Å². The van der Waals surface area contributed by atoms with Crippen LogP contribution in [0.2, 0.25) is 0 Å². The van der Waals surface area contributed by atoms with Gasteiger partial charge in [-0.25, -0.2) is 4.79 Å². The Morgan fingerprint density at radius 3 is 2.32 bits per heavy atom. The lowest BCUT2D eigenvalue weighted by molar-refractivity contribution is 0.0951. The number of nitrogens with zero attached hydrogens (tertiary/aromatic N) is 3. The highest BCUT2D eigenvalue weighted by molar-refractivity contribution is 5.94. The maximum atomic E-state index is 12.6. The molecule has 1 aliphatic rings. The highest BCUT2D eigenvalue weighted by Crippen LogP contribution is 2.22. The number of nitrogens with one attached hydrogen (secondary N) is 2. The summed E-state index contributed by atoms with van der Waals surface area (Å²) in [7, 11) is 0. The molecule has 2 aromatic rings. The molecule has 0 spiro atoms. The highest BCUT2D eigenvalue weighted by atomic mass is 16.2. The van der Waals surface area contributed by atoms with Crippen molar-refractivity contribution in [1.82, 2.24) is 25.3 Å². The van der Waals surface area contributed by atoms with E-state index in [1.807, 2.05) is 42.5 Å². The molecule has 0 unspecified atom stereocenters. The number of piperidine rings is 1. The quantitative estimate of drug-likeness (QED) is 0.713. The minimum Gasteiger partial charge on any atom is -0.348 e. The van der Waals surface area contributed by atoms with Crippen LogP contribution in [0, 0.1) is 19.8 Å². The van der Waals surface area contributed by atoms with Gasteiger partial charge in [-0.2, -0.15) is 5.10 Å². The Morgan fingerprint density at radius 2 is 1.74 bits per heavy atom. The van der Waals surface area contributed by atoms with Gasteiger partial charge >= 0.3 is 6.03 Å². The van der Waals surface area contributed by atoms with Gasteiger partial charge in [0.2, 0.25) is 0 Å². The Labute approximate surface area is 185 Å². The third-order valence-corrected chi connectivity index (χ3v) is 6.23. The molecule has 3 amide bonds. The summed E-state index contributed by atoms with van der Waals surface area (Å²) in [4.78, 5) is 26.4. The number of hydrogen-bond acceptors (Lipinski definition) is 3. The number of hydrogen-bond donors (Lipinski definition) is 2. The minimum absolute atomic E-state index is 0.0451. The lowest BCUT2D eigenvalue weighted by Crippen LogP contribution is -2.44. The second-order valence-electron chi connectivity index (χ2n) is 8.31. The third kappa shape index (κ3) is 5.66. The maximum absolute atomic E-state index is 12.6. The summed E-state index contributed by atoms with van der Waals surface area (Å²) in [6.45, 7) is 11.6. The van der Waals surface area contributed by atoms with E-state index in [9.17, 15) is 9.59 Å². The summed E-state index contributed by atoms with van der Waals surface area (Å²) < 4.78 is 1.96. The molecule has 1 aliphatic heterocycles. The maximum Gasteiger partial charge on any atom is 0.317 e. The predicted octanol–water partition coefficient (Wildman–Crippen LogP) is 3.43. The molecular weight excluding hydrogens is 390 g/mol. The van der Waals surface area contributed by atoms with E-state index in [2.05, 4.69) is 34.8 Å². The van der Waals surface area contributed by atoms with Crippen LogP contribution in [0.5, 0.6) is 0 Å². The average molecular weight is 426 g/mol. The fourth-order valence-corrected chi connectivity index (χ4v) is 4.30. The minimum atomic E-state index is -0.0650. The fraction of sp³-hybridized carbons (Fsp3) is 0.542. The van der Waals surface area contributed by atoms with Gasteiger partial charge in [0.1, 0.15) is 0 Å². The molecule has 0 radical (unpaired) electrons. The molecule has 31 heavy (non-hydrogen) atoms. The normalized spacial score (nSPS) is 14.5. The number of rotatable bonds is 7. The lowest BCUT2D eigenvalue weighted by Gasteiger charge is -2.32. The summed E-state index contributed by atoms with van der Waals surface area (Å²) in [6.07, 6.45) is 3.02. The van der Waals surface area contributed by atoms with Crippen molar-refractivity contribution < 1.29 is 9.59 Å². The number of likely N-dealkylation sites (tertiary alicyclic amines) is 1. The SMILES string of the molecule is CCNC(=O)N1CCC(Cc2ccc(C(=O)NCc3c(C)nn(CC)c3C)cc2)CC1. The van der Waals surface area contributed by atoms with Gasteiger partial charge in [-0.05, 0) is 70.6 Å². The molecule has 0 saturated carbocycles. The second kappa shape index (κ2) is 10.5. The van der Waals surface area contributed by atoms with Gasteiger partial charge in [-0.1, -0.05) is 12.1 Å². The predicted molar refractivity (Wildman–Crippen MR) is 122 cm³/mol. The zero-order valence-electron chi connectivity index (χ0n) is 19.2. The molecule has 0 aliphatic carbocycles. The first kappa shape index (κ1) is 22.8. The second-order valence-corrected chi connectivity index (χ2v) is 8.31. The van der Waals surface area contributed by atoms with Crippen LogP contribution in [-0.2, 0) is 19.5 Å². The van der Waals surface area contributed by atoms with Crippen molar-refractivity contribution in [2.75, 3.05) is 19.6 Å². The van der Waals surface area contributed by atoms with Crippen molar-refractivity contribution in [2.45, 2.75) is 60.0 Å². The zero-order valence-corrected chi connectivity index (χ0v) is 19.2. The Hall–Kier alpha value is -2.83. The zero-order chi connectivity index (χ0) is 22.4. The summed E-state index contributed by atoms with van der Waals surface area (Å²) in [6, 6.07) is 7.96. The smallest absolute Gasteiger partial charge is 0.317 e. The van der Waals surface area contributed by atoms with Gasteiger partial charge in [-0.3, -0.25) is 9.48 Å². The van der Waals surface area contributed by atoms with Crippen LogP contribution in [-0.4, -0.2) is 46.3 Å². The number of carbonyl (C=O) groups is 2. The van der Waals surface area contributed by atoms with Gasteiger partial charge in [0.05, 0.1) is 5.69 Å². The molecule has 0 bridgehead atoms. The topological polar surface area (TPSA) is 79.3 Å². The molecule has 1 fully saturated rings. The molecule has 0 atom stereocenters. The molecule has 1 saturated heterocycles. The van der Waals surface area contributed by atoms with Crippen LogP contribution in [0.1, 0.15) is 59.6 Å². The van der Waals surface area contributed by atoms with E-state index in [-0.39, 0.29) is 11.9 Å². The van der Waals surface area contributed by atoms with Gasteiger partial charge in [-0.15, -0.1) is 0 Å². The fourth-order valence-electron chi connectivity index (χ4n) is 4.30. The number of benzene rings is 1. The van der Waals surface area contributed by atoms with Crippen molar-refractivity contribution in [2.24, 2.45) is 5.92 Å². The van der Waals surface area contributed by atoms with E-state index in [4.69, 9.17) is 0 Å². The van der Waals surface area contributed by atoms with E-state index in [0.29, 0.717) is 24.6 Å². The van der Waals surface area contributed by atoms with E-state index >= 15 is 0 Å². The third-order valence-electron chi connectivity index (χ3n) is 6.23. The largest absolute Gasteiger partial charge is 0.348 e. The van der Waals surface area contributed by atoms with Crippen molar-refractivity contribution in [3.8, 4) is 0 Å². The molecule has 3 rings (SSSR count). The Balaban J connectivity index is 1.49. The molecular formula is C24H35N5O2. The first-order chi connectivity index (χ1) is 14.9. The summed E-state index contributed by atoms with van der Waals surface area (Å²) in [5.74, 6) is 0.510. The molecule has 2 N–H and O–H groups in total. The first-order valence-electron chi connectivity index (χ1n) is 11.4. The van der Waals surface area contributed by atoms with Crippen LogP contribution in [0.25, 0.3) is 0 Å². The number of carbonyl (C=O) groups excluding carboxylic acids is 2. The molecule has 7 heteroatoms. The Kier molecular flexibility index (Phi) is 7.71. The van der Waals surface area contributed by atoms with E-state index < -0.39 is 0 Å². The Morgan fingerprint density at radius 1 is 1.06 bits per heavy atom. The van der Waals surface area contributed by atoms with Crippen LogP contribution in [0.4, 0.5) is 4.79 Å². The van der Waals surface area contributed by atoms with E-state index in [1.54, 1.807) is 0 Å². The molecule has 168 valence electrons. The van der Waals surface area contributed by atoms with Crippen LogP contribution in [0.3, 0.4) is 0 Å². The number of amides is 3. The van der Waals surface area contributed by atoms with Gasteiger partial charge in [0.15, 0.2) is 0 Å². The molecule has 2 heterocycles. The lowest BCUT2D eigenvalue weighted by atomic mass is 9.90. The number of urea groups is 1. The average Bonchev–Trinajstić information content (AvgIpc) is 3.05.